The minimum Gasteiger partial charge on any atom is -0.361 e. The smallest absolute Gasteiger partial charge is 0.157 e. The largest absolute Gasteiger partial charge is 0.361 e. The Labute approximate surface area is 101 Å². The van der Waals surface area contributed by atoms with Crippen molar-refractivity contribution in [2.75, 3.05) is 6.54 Å². The lowest BCUT2D eigenvalue weighted by molar-refractivity contribution is 0.838. The number of pyridine rings is 1. The molecule has 2 heterocycles. The summed E-state index contributed by atoms with van der Waals surface area (Å²) in [6.45, 7) is 6.09. The first-order valence-electron chi connectivity index (χ1n) is 5.64. The first-order chi connectivity index (χ1) is 7.79. The van der Waals surface area contributed by atoms with Gasteiger partial charge in [-0.2, -0.15) is 0 Å². The summed E-state index contributed by atoms with van der Waals surface area (Å²) in [4.78, 5) is 8.62. The van der Waals surface area contributed by atoms with Gasteiger partial charge in [0.05, 0.1) is 6.54 Å². The van der Waals surface area contributed by atoms with E-state index in [2.05, 4.69) is 29.1 Å². The van der Waals surface area contributed by atoms with Gasteiger partial charge < -0.3 is 5.32 Å². The van der Waals surface area contributed by atoms with E-state index in [4.69, 9.17) is 0 Å². The Morgan fingerprint density at radius 3 is 3.12 bits per heavy atom. The Balaban J connectivity index is 1.87. The van der Waals surface area contributed by atoms with E-state index < -0.39 is 0 Å². The summed E-state index contributed by atoms with van der Waals surface area (Å²) in [5, 5.41) is 5.12. The highest BCUT2D eigenvalue weighted by molar-refractivity contribution is 8.14. The molecule has 1 atom stereocenters. The van der Waals surface area contributed by atoms with Crippen LogP contribution in [0.3, 0.4) is 0 Å². The van der Waals surface area contributed by atoms with Gasteiger partial charge in [-0.15, -0.1) is 0 Å². The summed E-state index contributed by atoms with van der Waals surface area (Å²) < 4.78 is 0. The minimum absolute atomic E-state index is 0.664. The van der Waals surface area contributed by atoms with Crippen LogP contribution in [0.25, 0.3) is 0 Å². The van der Waals surface area contributed by atoms with Gasteiger partial charge in [-0.1, -0.05) is 18.7 Å². The molecule has 0 fully saturated rings. The van der Waals surface area contributed by atoms with E-state index >= 15 is 0 Å². The van der Waals surface area contributed by atoms with Crippen LogP contribution in [0.4, 0.5) is 0 Å². The van der Waals surface area contributed by atoms with Gasteiger partial charge in [0.25, 0.3) is 0 Å². The van der Waals surface area contributed by atoms with Crippen molar-refractivity contribution >= 4 is 16.9 Å². The van der Waals surface area contributed by atoms with Gasteiger partial charge in [0.1, 0.15) is 0 Å². The van der Waals surface area contributed by atoms with Crippen LogP contribution in [0, 0.1) is 6.92 Å². The number of aromatic nitrogens is 1. The molecule has 1 N–H and O–H groups in total. The molecular formula is C12H17N3S. The van der Waals surface area contributed by atoms with Crippen molar-refractivity contribution in [3.8, 4) is 0 Å². The molecule has 86 valence electrons. The van der Waals surface area contributed by atoms with E-state index in [0.717, 1.165) is 18.3 Å². The van der Waals surface area contributed by atoms with Gasteiger partial charge in [-0.25, -0.2) is 0 Å². The van der Waals surface area contributed by atoms with Crippen molar-refractivity contribution in [1.82, 2.24) is 10.3 Å². The number of aryl methyl sites for hydroxylation is 1. The second kappa shape index (κ2) is 5.34. The number of hydrogen-bond donors (Lipinski definition) is 1. The summed E-state index contributed by atoms with van der Waals surface area (Å²) in [6.07, 6.45) is 4.93. The first kappa shape index (κ1) is 11.5. The second-order valence-corrected chi connectivity index (χ2v) is 5.24. The molecule has 2 rings (SSSR count). The maximum atomic E-state index is 4.48. The third-order valence-electron chi connectivity index (χ3n) is 2.75. The molecule has 1 aromatic rings. The molecule has 0 saturated carbocycles. The molecule has 16 heavy (non-hydrogen) atoms. The van der Waals surface area contributed by atoms with Gasteiger partial charge in [0.15, 0.2) is 5.17 Å². The first-order valence-corrected chi connectivity index (χ1v) is 6.52. The number of rotatable bonds is 3. The van der Waals surface area contributed by atoms with Crippen molar-refractivity contribution in [2.24, 2.45) is 4.99 Å². The highest BCUT2D eigenvalue weighted by atomic mass is 32.2. The van der Waals surface area contributed by atoms with Crippen LogP contribution in [0.2, 0.25) is 0 Å². The maximum Gasteiger partial charge on any atom is 0.157 e. The molecule has 1 aliphatic rings. The highest BCUT2D eigenvalue weighted by Gasteiger charge is 2.17. The lowest BCUT2D eigenvalue weighted by atomic mass is 10.2. The molecule has 0 spiro atoms. The van der Waals surface area contributed by atoms with Gasteiger partial charge in [0, 0.05) is 24.2 Å². The van der Waals surface area contributed by atoms with Crippen molar-refractivity contribution < 1.29 is 0 Å². The van der Waals surface area contributed by atoms with Crippen molar-refractivity contribution in [2.45, 2.75) is 32.1 Å². The van der Waals surface area contributed by atoms with Crippen LogP contribution in [-0.2, 0) is 6.54 Å². The topological polar surface area (TPSA) is 37.3 Å². The molecule has 1 aromatic heterocycles. The second-order valence-electron chi connectivity index (χ2n) is 3.95. The summed E-state index contributed by atoms with van der Waals surface area (Å²) >= 11 is 1.85. The fraction of sp³-hybridized carbons (Fsp3) is 0.500. The summed E-state index contributed by atoms with van der Waals surface area (Å²) in [7, 11) is 0. The number of aliphatic imine (C=N–C) groups is 1. The monoisotopic (exact) mass is 235 g/mol. The number of nitrogens with one attached hydrogen (secondary N) is 1. The molecule has 0 amide bonds. The fourth-order valence-corrected chi connectivity index (χ4v) is 2.52. The van der Waals surface area contributed by atoms with Crippen LogP contribution in [0.15, 0.2) is 23.5 Å². The van der Waals surface area contributed by atoms with Crippen molar-refractivity contribution in [3.63, 3.8) is 0 Å². The van der Waals surface area contributed by atoms with Crippen LogP contribution in [0.1, 0.15) is 24.5 Å². The molecule has 1 unspecified atom stereocenters. The molecule has 1 aliphatic heterocycles. The maximum absolute atomic E-state index is 4.48. The SMILES string of the molecule is CCC1CN=C(NCc2cnccc2C)S1. The predicted molar refractivity (Wildman–Crippen MR) is 69.8 cm³/mol. The Hall–Kier alpha value is -1.03. The Morgan fingerprint density at radius 1 is 1.56 bits per heavy atom. The van der Waals surface area contributed by atoms with Gasteiger partial charge in [0.2, 0.25) is 0 Å². The highest BCUT2D eigenvalue weighted by Crippen LogP contribution is 2.22. The zero-order valence-corrected chi connectivity index (χ0v) is 10.5. The third-order valence-corrected chi connectivity index (χ3v) is 4.06. The Kier molecular flexibility index (Phi) is 3.83. The number of nitrogens with zero attached hydrogens (tertiary/aromatic N) is 2. The molecule has 0 saturated heterocycles. The number of hydrogen-bond acceptors (Lipinski definition) is 4. The lowest BCUT2D eigenvalue weighted by Gasteiger charge is -2.08. The predicted octanol–water partition coefficient (Wildman–Crippen LogP) is 2.36. The average molecular weight is 235 g/mol. The van der Waals surface area contributed by atoms with Crippen molar-refractivity contribution in [1.29, 1.82) is 0 Å². The molecule has 0 aromatic carbocycles. The van der Waals surface area contributed by atoms with Crippen LogP contribution >= 0.6 is 11.8 Å². The van der Waals surface area contributed by atoms with Gasteiger partial charge in [-0.3, -0.25) is 9.98 Å². The average Bonchev–Trinajstić information content (AvgIpc) is 2.76. The van der Waals surface area contributed by atoms with E-state index in [-0.39, 0.29) is 0 Å². The van der Waals surface area contributed by atoms with Crippen LogP contribution < -0.4 is 5.32 Å². The quantitative estimate of drug-likeness (QED) is 0.874. The van der Waals surface area contributed by atoms with E-state index in [1.54, 1.807) is 0 Å². The lowest BCUT2D eigenvalue weighted by Crippen LogP contribution is -2.19. The fourth-order valence-electron chi connectivity index (χ4n) is 1.58. The van der Waals surface area contributed by atoms with Crippen molar-refractivity contribution in [3.05, 3.63) is 29.6 Å². The Bertz CT molecular complexity index is 390. The minimum atomic E-state index is 0.664. The molecular weight excluding hydrogens is 218 g/mol. The van der Waals surface area contributed by atoms with E-state index in [0.29, 0.717) is 5.25 Å². The molecule has 0 radical (unpaired) electrons. The van der Waals surface area contributed by atoms with E-state index in [1.807, 2.05) is 30.2 Å². The van der Waals surface area contributed by atoms with Gasteiger partial charge in [-0.05, 0) is 30.5 Å². The Morgan fingerprint density at radius 2 is 2.44 bits per heavy atom. The molecule has 3 nitrogen and oxygen atoms in total. The summed E-state index contributed by atoms with van der Waals surface area (Å²) in [5.41, 5.74) is 2.52. The zero-order chi connectivity index (χ0) is 11.4. The molecule has 4 heteroatoms. The zero-order valence-electron chi connectivity index (χ0n) is 9.73. The number of amidine groups is 1. The number of thioether (sulfide) groups is 1. The molecule has 0 bridgehead atoms. The third kappa shape index (κ3) is 2.76. The standard InChI is InChI=1S/C12H17N3S/c1-3-11-8-15-12(16-11)14-7-10-6-13-5-4-9(10)2/h4-6,11H,3,7-8H2,1-2H3,(H,14,15). The summed E-state index contributed by atoms with van der Waals surface area (Å²) in [6, 6.07) is 2.04. The van der Waals surface area contributed by atoms with E-state index in [1.165, 1.54) is 17.5 Å². The van der Waals surface area contributed by atoms with Gasteiger partial charge >= 0.3 is 0 Å². The van der Waals surface area contributed by atoms with Crippen LogP contribution in [0.5, 0.6) is 0 Å². The van der Waals surface area contributed by atoms with Crippen LogP contribution in [-0.4, -0.2) is 21.9 Å². The molecule has 0 aliphatic carbocycles. The summed E-state index contributed by atoms with van der Waals surface area (Å²) in [5.74, 6) is 0. The normalized spacial score (nSPS) is 19.6. The van der Waals surface area contributed by atoms with E-state index in [9.17, 15) is 0 Å².